The molecule has 1 aromatic heterocycles. The average molecular weight is 466 g/mol. The molecule has 1 unspecified atom stereocenters. The Labute approximate surface area is 196 Å². The molecule has 1 heterocycles. The second kappa shape index (κ2) is 10.6. The third-order valence-electron chi connectivity index (χ3n) is 5.84. The fraction of sp³-hybridized carbons (Fsp3) is 0.385. The van der Waals surface area contributed by atoms with Gasteiger partial charge in [-0.05, 0) is 37.5 Å². The lowest BCUT2D eigenvalue weighted by Crippen LogP contribution is -2.34. The second-order valence-corrected chi connectivity index (χ2v) is 8.60. The van der Waals surface area contributed by atoms with E-state index in [1.54, 1.807) is 24.3 Å². The van der Waals surface area contributed by atoms with E-state index in [4.69, 9.17) is 4.74 Å². The molecular formula is C26H28FN3O4. The maximum absolute atomic E-state index is 13.5. The van der Waals surface area contributed by atoms with Gasteiger partial charge in [0, 0.05) is 23.5 Å². The number of benzene rings is 2. The maximum Gasteiger partial charge on any atom is 0.360 e. The van der Waals surface area contributed by atoms with Crippen LogP contribution in [0, 0.1) is 5.82 Å². The van der Waals surface area contributed by atoms with Crippen molar-refractivity contribution in [1.29, 1.82) is 0 Å². The highest BCUT2D eigenvalue weighted by atomic mass is 19.1. The van der Waals surface area contributed by atoms with Crippen LogP contribution in [0.5, 0.6) is 0 Å². The summed E-state index contributed by atoms with van der Waals surface area (Å²) >= 11 is 0. The summed E-state index contributed by atoms with van der Waals surface area (Å²) in [4.78, 5) is 39.1. The molecule has 1 fully saturated rings. The number of amides is 1. The highest BCUT2D eigenvalue weighted by Gasteiger charge is 2.32. The molecule has 8 heteroatoms. The minimum absolute atomic E-state index is 0.0305. The molecule has 3 aromatic rings. The summed E-state index contributed by atoms with van der Waals surface area (Å²) < 4.78 is 20.4. The molecule has 1 atom stereocenters. The molecule has 0 bridgehead atoms. The van der Waals surface area contributed by atoms with E-state index in [1.807, 2.05) is 0 Å². The van der Waals surface area contributed by atoms with Crippen molar-refractivity contribution in [2.75, 3.05) is 0 Å². The van der Waals surface area contributed by atoms with Gasteiger partial charge in [-0.1, -0.05) is 56.5 Å². The van der Waals surface area contributed by atoms with Crippen molar-refractivity contribution in [1.82, 2.24) is 15.1 Å². The van der Waals surface area contributed by atoms with Crippen LogP contribution in [-0.2, 0) is 16.1 Å². The number of esters is 1. The van der Waals surface area contributed by atoms with Gasteiger partial charge in [0.2, 0.25) is 6.10 Å². The number of nitrogens with one attached hydrogen (secondary N) is 1. The molecule has 34 heavy (non-hydrogen) atoms. The van der Waals surface area contributed by atoms with Gasteiger partial charge < -0.3 is 10.1 Å². The first-order valence-corrected chi connectivity index (χ1v) is 11.7. The SMILES string of the molecule is CCCCCCn1nc(C(=O)OC(C(=O)NC2CC2)c2ccc(F)cc2)c2ccccc2c1=O. The quantitative estimate of drug-likeness (QED) is 0.356. The van der Waals surface area contributed by atoms with E-state index in [2.05, 4.69) is 17.3 Å². The van der Waals surface area contributed by atoms with Crippen molar-refractivity contribution >= 4 is 22.6 Å². The van der Waals surface area contributed by atoms with E-state index in [9.17, 15) is 18.8 Å². The van der Waals surface area contributed by atoms with Gasteiger partial charge in [-0.3, -0.25) is 9.59 Å². The number of hydrogen-bond acceptors (Lipinski definition) is 5. The Morgan fingerprint density at radius 2 is 1.79 bits per heavy atom. The van der Waals surface area contributed by atoms with Crippen molar-refractivity contribution in [3.63, 3.8) is 0 Å². The van der Waals surface area contributed by atoms with Gasteiger partial charge in [-0.15, -0.1) is 0 Å². The number of hydrogen-bond donors (Lipinski definition) is 1. The van der Waals surface area contributed by atoms with Gasteiger partial charge in [0.25, 0.3) is 11.5 Å². The topological polar surface area (TPSA) is 90.3 Å². The fourth-order valence-electron chi connectivity index (χ4n) is 3.80. The minimum Gasteiger partial charge on any atom is -0.442 e. The lowest BCUT2D eigenvalue weighted by Gasteiger charge is -2.18. The van der Waals surface area contributed by atoms with Crippen molar-refractivity contribution in [2.24, 2.45) is 0 Å². The van der Waals surface area contributed by atoms with Gasteiger partial charge in [0.15, 0.2) is 5.69 Å². The van der Waals surface area contributed by atoms with Crippen LogP contribution in [0.1, 0.15) is 67.6 Å². The monoisotopic (exact) mass is 465 g/mol. The zero-order valence-electron chi connectivity index (χ0n) is 19.1. The summed E-state index contributed by atoms with van der Waals surface area (Å²) in [5.41, 5.74) is 0.0485. The third kappa shape index (κ3) is 5.50. The molecule has 0 saturated heterocycles. The third-order valence-corrected chi connectivity index (χ3v) is 5.84. The number of carbonyl (C=O) groups excluding carboxylic acids is 2. The molecule has 1 aliphatic rings. The number of fused-ring (bicyclic) bond motifs is 1. The first-order chi connectivity index (χ1) is 16.5. The van der Waals surface area contributed by atoms with Crippen LogP contribution in [0.4, 0.5) is 4.39 Å². The molecule has 0 aliphatic heterocycles. The zero-order valence-corrected chi connectivity index (χ0v) is 19.1. The van der Waals surface area contributed by atoms with Gasteiger partial charge >= 0.3 is 5.97 Å². The summed E-state index contributed by atoms with van der Waals surface area (Å²) in [6.07, 6.45) is 4.29. The molecule has 0 radical (unpaired) electrons. The normalized spacial score (nSPS) is 14.1. The Kier molecular flexibility index (Phi) is 7.35. The molecule has 4 rings (SSSR count). The van der Waals surface area contributed by atoms with E-state index in [1.165, 1.54) is 28.9 Å². The highest BCUT2D eigenvalue weighted by Crippen LogP contribution is 2.25. The van der Waals surface area contributed by atoms with E-state index >= 15 is 0 Å². The minimum atomic E-state index is -1.26. The number of halogens is 1. The number of ether oxygens (including phenoxy) is 1. The summed E-state index contributed by atoms with van der Waals surface area (Å²) in [6.45, 7) is 2.49. The Hall–Kier alpha value is -3.55. The largest absolute Gasteiger partial charge is 0.442 e. The lowest BCUT2D eigenvalue weighted by molar-refractivity contribution is -0.130. The Bertz CT molecular complexity index is 1240. The average Bonchev–Trinajstić information content (AvgIpc) is 3.66. The van der Waals surface area contributed by atoms with E-state index < -0.39 is 23.8 Å². The molecule has 2 aromatic carbocycles. The molecule has 0 spiro atoms. The highest BCUT2D eigenvalue weighted by molar-refractivity contribution is 6.03. The van der Waals surface area contributed by atoms with Crippen LogP contribution < -0.4 is 10.9 Å². The van der Waals surface area contributed by atoms with Crippen molar-refractivity contribution in [2.45, 2.75) is 64.1 Å². The predicted octanol–water partition coefficient (Wildman–Crippen LogP) is 4.29. The lowest BCUT2D eigenvalue weighted by atomic mass is 10.1. The standard InChI is InChI=1S/C26H28FN3O4/c1-2-3-4-7-16-30-25(32)21-9-6-5-8-20(21)22(29-30)26(33)34-23(24(31)28-19-14-15-19)17-10-12-18(27)13-11-17/h5-6,8-13,19,23H,2-4,7,14-16H2,1H3,(H,28,31). The summed E-state index contributed by atoms with van der Waals surface area (Å²) in [5, 5.41) is 7.89. The van der Waals surface area contributed by atoms with Crippen LogP contribution in [0.15, 0.2) is 53.3 Å². The molecule has 1 amide bonds. The van der Waals surface area contributed by atoms with Crippen LogP contribution in [0.25, 0.3) is 10.8 Å². The number of nitrogens with zero attached hydrogens (tertiary/aromatic N) is 2. The molecule has 1 aliphatic carbocycles. The Morgan fingerprint density at radius 1 is 1.09 bits per heavy atom. The van der Waals surface area contributed by atoms with Crippen molar-refractivity contribution in [3.05, 3.63) is 76.0 Å². The maximum atomic E-state index is 13.5. The van der Waals surface area contributed by atoms with Crippen LogP contribution in [-0.4, -0.2) is 27.7 Å². The van der Waals surface area contributed by atoms with Crippen molar-refractivity contribution in [3.8, 4) is 0 Å². The number of aryl methyl sites for hydroxylation is 1. The summed E-state index contributed by atoms with van der Waals surface area (Å²) in [5.74, 6) is -1.75. The molecular weight excluding hydrogens is 437 g/mol. The molecule has 178 valence electrons. The number of unbranched alkanes of at least 4 members (excludes halogenated alkanes) is 3. The Morgan fingerprint density at radius 3 is 2.47 bits per heavy atom. The van der Waals surface area contributed by atoms with E-state index in [-0.39, 0.29) is 17.3 Å². The van der Waals surface area contributed by atoms with Crippen LogP contribution >= 0.6 is 0 Å². The van der Waals surface area contributed by atoms with Gasteiger partial charge in [0.1, 0.15) is 5.82 Å². The fourth-order valence-corrected chi connectivity index (χ4v) is 3.80. The second-order valence-electron chi connectivity index (χ2n) is 8.60. The van der Waals surface area contributed by atoms with E-state index in [0.29, 0.717) is 22.9 Å². The number of aromatic nitrogens is 2. The summed E-state index contributed by atoms with van der Waals surface area (Å²) in [6, 6.07) is 12.0. The first-order valence-electron chi connectivity index (χ1n) is 11.7. The zero-order chi connectivity index (χ0) is 24.1. The Balaban J connectivity index is 1.66. The van der Waals surface area contributed by atoms with E-state index in [0.717, 1.165) is 38.5 Å². The smallest absolute Gasteiger partial charge is 0.360 e. The molecule has 7 nitrogen and oxygen atoms in total. The van der Waals surface area contributed by atoms with Crippen molar-refractivity contribution < 1.29 is 18.7 Å². The number of rotatable bonds is 10. The predicted molar refractivity (Wildman–Crippen MR) is 126 cm³/mol. The molecule has 1 N–H and O–H groups in total. The molecule has 1 saturated carbocycles. The number of carbonyl (C=O) groups is 2. The first kappa shape index (κ1) is 23.6. The van der Waals surface area contributed by atoms with Gasteiger partial charge in [-0.25, -0.2) is 13.9 Å². The van der Waals surface area contributed by atoms with Gasteiger partial charge in [-0.2, -0.15) is 5.10 Å². The van der Waals surface area contributed by atoms with Crippen LogP contribution in [0.3, 0.4) is 0 Å². The van der Waals surface area contributed by atoms with Gasteiger partial charge in [0.05, 0.1) is 5.39 Å². The summed E-state index contributed by atoms with van der Waals surface area (Å²) in [7, 11) is 0. The van der Waals surface area contributed by atoms with Crippen LogP contribution in [0.2, 0.25) is 0 Å².